The fourth-order valence-electron chi connectivity index (χ4n) is 3.28. The number of sulfonamides is 1. The van der Waals surface area contributed by atoms with E-state index in [4.69, 9.17) is 0 Å². The third-order valence-electron chi connectivity index (χ3n) is 4.59. The molecule has 2 atom stereocenters. The maximum atomic E-state index is 12.3. The van der Waals surface area contributed by atoms with E-state index in [1.165, 1.54) is 18.5 Å². The molecule has 7 heteroatoms. The van der Waals surface area contributed by atoms with Gasteiger partial charge >= 0.3 is 0 Å². The van der Waals surface area contributed by atoms with Crippen LogP contribution in [0.1, 0.15) is 20.8 Å². The van der Waals surface area contributed by atoms with E-state index in [-0.39, 0.29) is 22.2 Å². The molecule has 27 heavy (non-hydrogen) atoms. The molecule has 0 radical (unpaired) electrons. The molecule has 0 heterocycles. The molecular formula is C20H31N3O3S. The van der Waals surface area contributed by atoms with Gasteiger partial charge in [-0.3, -0.25) is 4.79 Å². The molecule has 1 fully saturated rings. The molecule has 1 aliphatic carbocycles. The van der Waals surface area contributed by atoms with Crippen molar-refractivity contribution < 1.29 is 13.2 Å². The number of nitrogens with zero attached hydrogens (tertiary/aromatic N) is 3. The normalized spacial score (nSPS) is 22.9. The van der Waals surface area contributed by atoms with E-state index in [1.807, 2.05) is 25.2 Å². The number of allylic oxidation sites excluding steroid dienone is 5. The molecule has 0 amide bonds. The number of rotatable bonds is 9. The average Bonchev–Trinajstić information content (AvgIpc) is 3.13. The first-order chi connectivity index (χ1) is 12.4. The van der Waals surface area contributed by atoms with Gasteiger partial charge in [-0.05, 0) is 24.3 Å². The van der Waals surface area contributed by atoms with E-state index in [1.54, 1.807) is 32.0 Å². The Balaban J connectivity index is 3.02. The highest BCUT2D eigenvalue weighted by Gasteiger charge is 2.59. The molecule has 0 aliphatic heterocycles. The first-order valence-corrected chi connectivity index (χ1v) is 10.2. The molecule has 150 valence electrons. The lowest BCUT2D eigenvalue weighted by Gasteiger charge is -2.08. The minimum Gasteiger partial charge on any atom is -0.383 e. The lowest BCUT2D eigenvalue weighted by atomic mass is 10.0. The van der Waals surface area contributed by atoms with Crippen LogP contribution >= 0.6 is 0 Å². The smallest absolute Gasteiger partial charge is 0.283 e. The molecule has 1 rings (SSSR count). The van der Waals surface area contributed by atoms with Crippen molar-refractivity contribution in [2.45, 2.75) is 20.8 Å². The first-order valence-electron chi connectivity index (χ1n) is 8.71. The third-order valence-corrected chi connectivity index (χ3v) is 5.93. The number of aldehydes is 1. The van der Waals surface area contributed by atoms with E-state index in [0.717, 1.165) is 17.4 Å². The van der Waals surface area contributed by atoms with Gasteiger partial charge in [-0.25, -0.2) is 0 Å². The molecule has 1 aliphatic rings. The summed E-state index contributed by atoms with van der Waals surface area (Å²) in [6.45, 7) is 9.93. The van der Waals surface area contributed by atoms with Crippen molar-refractivity contribution in [2.24, 2.45) is 21.6 Å². The van der Waals surface area contributed by atoms with E-state index >= 15 is 0 Å². The summed E-state index contributed by atoms with van der Waals surface area (Å²) in [7, 11) is 3.39. The second kappa shape index (κ2) is 8.69. The van der Waals surface area contributed by atoms with Gasteiger partial charge in [-0.1, -0.05) is 38.2 Å². The van der Waals surface area contributed by atoms with Crippen LogP contribution in [0, 0.1) is 17.3 Å². The van der Waals surface area contributed by atoms with E-state index in [9.17, 15) is 13.2 Å². The van der Waals surface area contributed by atoms with Crippen molar-refractivity contribution in [2.75, 3.05) is 28.2 Å². The maximum Gasteiger partial charge on any atom is 0.283 e. The van der Waals surface area contributed by atoms with Crippen molar-refractivity contribution in [3.05, 3.63) is 47.1 Å². The zero-order valence-electron chi connectivity index (χ0n) is 17.3. The molecule has 0 aromatic heterocycles. The van der Waals surface area contributed by atoms with Gasteiger partial charge in [0.15, 0.2) is 0 Å². The van der Waals surface area contributed by atoms with Crippen molar-refractivity contribution in [1.82, 2.24) is 9.80 Å². The van der Waals surface area contributed by atoms with Gasteiger partial charge < -0.3 is 9.80 Å². The standard InChI is InChI=1S/C20H31N3O3S/c1-9-17(27(25,26)21-14-23(7)8)11-10-15(2)18-19(20(18,3)4)16(13-24)12-22(5)6/h9-14,18-19H,2H2,1,3-8H3/b11-10-,16-12+,17-9+,21-14?/t18-,19-/m1/s1. The van der Waals surface area contributed by atoms with Gasteiger partial charge in [-0.15, -0.1) is 4.40 Å². The van der Waals surface area contributed by atoms with Crippen LogP contribution in [0.4, 0.5) is 0 Å². The predicted octanol–water partition coefficient (Wildman–Crippen LogP) is 2.84. The summed E-state index contributed by atoms with van der Waals surface area (Å²) < 4.78 is 28.2. The SMILES string of the molecule is C=C(/C=C\C(=C/C)S(=O)(=O)N=CN(C)C)[C@@H]1[C@@H](/C(C=O)=C/N(C)C)C1(C)C. The highest BCUT2D eigenvalue weighted by molar-refractivity contribution is 7.94. The molecular weight excluding hydrogens is 362 g/mol. The molecule has 0 N–H and O–H groups in total. The fraction of sp³-hybridized carbons (Fsp3) is 0.500. The summed E-state index contributed by atoms with van der Waals surface area (Å²) >= 11 is 0. The predicted molar refractivity (Wildman–Crippen MR) is 112 cm³/mol. The molecule has 0 saturated heterocycles. The fourth-order valence-corrected chi connectivity index (χ4v) is 4.25. The monoisotopic (exact) mass is 393 g/mol. The molecule has 0 bridgehead atoms. The van der Waals surface area contributed by atoms with Gasteiger partial charge in [-0.2, -0.15) is 8.42 Å². The largest absolute Gasteiger partial charge is 0.383 e. The molecule has 1 saturated carbocycles. The van der Waals surface area contributed by atoms with E-state index < -0.39 is 10.0 Å². The van der Waals surface area contributed by atoms with Gasteiger partial charge in [0.1, 0.15) is 12.6 Å². The van der Waals surface area contributed by atoms with Crippen LogP contribution in [0.3, 0.4) is 0 Å². The van der Waals surface area contributed by atoms with E-state index in [0.29, 0.717) is 0 Å². The Hall–Kier alpha value is -2.15. The Morgan fingerprint density at radius 1 is 1.07 bits per heavy atom. The Morgan fingerprint density at radius 2 is 1.67 bits per heavy atom. The Bertz CT molecular complexity index is 800. The minimum atomic E-state index is -3.76. The Kier molecular flexibility index (Phi) is 7.37. The highest BCUT2D eigenvalue weighted by Crippen LogP contribution is 2.64. The van der Waals surface area contributed by atoms with Crippen molar-refractivity contribution in [3.63, 3.8) is 0 Å². The van der Waals surface area contributed by atoms with Crippen LogP contribution < -0.4 is 0 Å². The first kappa shape index (κ1) is 22.9. The second-order valence-corrected chi connectivity index (χ2v) is 9.38. The average molecular weight is 394 g/mol. The zero-order valence-corrected chi connectivity index (χ0v) is 18.1. The highest BCUT2D eigenvalue weighted by atomic mass is 32.2. The summed E-state index contributed by atoms with van der Waals surface area (Å²) in [6, 6.07) is 0. The Morgan fingerprint density at radius 3 is 2.11 bits per heavy atom. The summed E-state index contributed by atoms with van der Waals surface area (Å²) in [4.78, 5) is 15.0. The number of carbonyl (C=O) groups is 1. The maximum absolute atomic E-state index is 12.3. The van der Waals surface area contributed by atoms with Crippen LogP contribution in [0.25, 0.3) is 0 Å². The lowest BCUT2D eigenvalue weighted by molar-refractivity contribution is -0.105. The molecule has 0 aromatic carbocycles. The summed E-state index contributed by atoms with van der Waals surface area (Å²) in [5, 5.41) is 0. The van der Waals surface area contributed by atoms with Gasteiger partial charge in [0.25, 0.3) is 10.0 Å². The lowest BCUT2D eigenvalue weighted by Crippen LogP contribution is -2.10. The number of carbonyl (C=O) groups excluding carboxylic acids is 1. The van der Waals surface area contributed by atoms with Gasteiger partial charge in [0.05, 0.1) is 4.91 Å². The zero-order chi connectivity index (χ0) is 21.0. The molecule has 0 aromatic rings. The topological polar surface area (TPSA) is 70.0 Å². The quantitative estimate of drug-likeness (QED) is 0.198. The van der Waals surface area contributed by atoms with E-state index in [2.05, 4.69) is 24.8 Å². The molecule has 0 spiro atoms. The third kappa shape index (κ3) is 5.66. The van der Waals surface area contributed by atoms with Crippen molar-refractivity contribution >= 4 is 22.6 Å². The Labute approximate surface area is 163 Å². The number of hydrogen-bond acceptors (Lipinski definition) is 4. The van der Waals surface area contributed by atoms with Gasteiger partial charge in [0, 0.05) is 45.9 Å². The van der Waals surface area contributed by atoms with Gasteiger partial charge in [0.2, 0.25) is 0 Å². The van der Waals surface area contributed by atoms with Crippen LogP contribution in [-0.2, 0) is 14.8 Å². The summed E-state index contributed by atoms with van der Waals surface area (Å²) in [6.07, 6.45) is 8.71. The summed E-state index contributed by atoms with van der Waals surface area (Å²) in [5.41, 5.74) is 1.41. The van der Waals surface area contributed by atoms with Crippen molar-refractivity contribution in [1.29, 1.82) is 0 Å². The van der Waals surface area contributed by atoms with Crippen LogP contribution in [-0.4, -0.2) is 59.0 Å². The second-order valence-electron chi connectivity index (χ2n) is 7.75. The number of hydrogen-bond donors (Lipinski definition) is 0. The van der Waals surface area contributed by atoms with Crippen molar-refractivity contribution in [3.8, 4) is 0 Å². The molecule has 6 nitrogen and oxygen atoms in total. The van der Waals surface area contributed by atoms with Crippen LogP contribution in [0.5, 0.6) is 0 Å². The minimum absolute atomic E-state index is 0.0620. The van der Waals surface area contributed by atoms with Crippen LogP contribution in [0.15, 0.2) is 51.5 Å². The summed E-state index contributed by atoms with van der Waals surface area (Å²) in [5.74, 6) is 0.142. The van der Waals surface area contributed by atoms with Crippen LogP contribution in [0.2, 0.25) is 0 Å². The molecule has 0 unspecified atom stereocenters.